The van der Waals surface area contributed by atoms with Gasteiger partial charge in [0.2, 0.25) is 5.76 Å². The summed E-state index contributed by atoms with van der Waals surface area (Å²) in [6.07, 6.45) is -5.49. The third kappa shape index (κ3) is 3.79. The van der Waals surface area contributed by atoms with E-state index in [2.05, 4.69) is 4.42 Å². The van der Waals surface area contributed by atoms with Crippen LogP contribution in [0.5, 0.6) is 0 Å². The average molecular weight is 265 g/mol. The zero-order chi connectivity index (χ0) is 13.9. The van der Waals surface area contributed by atoms with E-state index in [4.69, 9.17) is 5.11 Å². The summed E-state index contributed by atoms with van der Waals surface area (Å²) in [5, 5.41) is 8.56. The minimum absolute atomic E-state index is 0.308. The molecule has 0 atom stereocenters. The average Bonchev–Trinajstić information content (AvgIpc) is 2.73. The molecule has 0 unspecified atom stereocenters. The topological polar surface area (TPSA) is 70.8 Å². The van der Waals surface area contributed by atoms with Gasteiger partial charge in [-0.25, -0.2) is 4.79 Å². The van der Waals surface area contributed by atoms with E-state index in [0.717, 1.165) is 17.0 Å². The van der Waals surface area contributed by atoms with E-state index in [1.165, 1.54) is 7.05 Å². The Morgan fingerprint density at radius 2 is 1.89 bits per heavy atom. The summed E-state index contributed by atoms with van der Waals surface area (Å²) in [7, 11) is 1.18. The Morgan fingerprint density at radius 3 is 2.33 bits per heavy atom. The molecule has 8 heteroatoms. The van der Waals surface area contributed by atoms with Gasteiger partial charge in [-0.2, -0.15) is 13.2 Å². The second-order valence-electron chi connectivity index (χ2n) is 3.56. The van der Waals surface area contributed by atoms with E-state index in [-0.39, 0.29) is 5.76 Å². The minimum atomic E-state index is -4.36. The van der Waals surface area contributed by atoms with Crippen molar-refractivity contribution in [2.45, 2.75) is 12.6 Å². The van der Waals surface area contributed by atoms with E-state index >= 15 is 0 Å². The number of amides is 1. The highest BCUT2D eigenvalue weighted by atomic mass is 19.4. The highest BCUT2D eigenvalue weighted by Crippen LogP contribution is 2.20. The fraction of sp³-hybridized carbons (Fsp3) is 0.400. The Balaban J connectivity index is 2.65. The van der Waals surface area contributed by atoms with Gasteiger partial charge in [-0.15, -0.1) is 0 Å². The standard InChI is InChI=1S/C10H10F3NO4/c1-14(5-4-10(11,12)13)8(15)6-2-3-7(18-6)9(16)17/h2-3H,4-5H2,1H3,(H,16,17). The molecule has 0 radical (unpaired) electrons. The van der Waals surface area contributed by atoms with Gasteiger partial charge in [0, 0.05) is 13.6 Å². The summed E-state index contributed by atoms with van der Waals surface area (Å²) < 4.78 is 40.5. The molecular formula is C10H10F3NO4. The molecule has 0 aliphatic carbocycles. The minimum Gasteiger partial charge on any atom is -0.475 e. The summed E-state index contributed by atoms with van der Waals surface area (Å²) >= 11 is 0. The second kappa shape index (κ2) is 5.11. The Kier molecular flexibility index (Phi) is 4.00. The molecule has 1 amide bonds. The molecule has 1 rings (SSSR count). The van der Waals surface area contributed by atoms with Crippen molar-refractivity contribution in [3.8, 4) is 0 Å². The monoisotopic (exact) mass is 265 g/mol. The SMILES string of the molecule is CN(CCC(F)(F)F)C(=O)c1ccc(C(=O)O)o1. The quantitative estimate of drug-likeness (QED) is 0.903. The molecule has 1 aromatic heterocycles. The van der Waals surface area contributed by atoms with Crippen LogP contribution in [0.25, 0.3) is 0 Å². The molecule has 0 fully saturated rings. The van der Waals surface area contributed by atoms with Crippen molar-refractivity contribution in [1.82, 2.24) is 4.90 Å². The van der Waals surface area contributed by atoms with Gasteiger partial charge in [0.1, 0.15) is 0 Å². The summed E-state index contributed by atoms with van der Waals surface area (Å²) in [4.78, 5) is 22.9. The molecule has 5 nitrogen and oxygen atoms in total. The largest absolute Gasteiger partial charge is 0.475 e. The molecule has 0 saturated carbocycles. The van der Waals surface area contributed by atoms with E-state index in [9.17, 15) is 22.8 Å². The van der Waals surface area contributed by atoms with Gasteiger partial charge in [0.15, 0.2) is 5.76 Å². The number of carbonyl (C=O) groups excluding carboxylic acids is 1. The normalized spacial score (nSPS) is 11.3. The van der Waals surface area contributed by atoms with Crippen LogP contribution in [-0.4, -0.2) is 41.7 Å². The Hall–Kier alpha value is -1.99. The molecule has 1 heterocycles. The predicted molar refractivity (Wildman–Crippen MR) is 53.3 cm³/mol. The zero-order valence-corrected chi connectivity index (χ0v) is 9.32. The first-order chi connectivity index (χ1) is 8.20. The van der Waals surface area contributed by atoms with Crippen molar-refractivity contribution in [2.24, 2.45) is 0 Å². The predicted octanol–water partition coefficient (Wildman–Crippen LogP) is 2.00. The molecule has 1 N–H and O–H groups in total. The van der Waals surface area contributed by atoms with Crippen LogP contribution in [0.4, 0.5) is 13.2 Å². The molecule has 18 heavy (non-hydrogen) atoms. The number of rotatable bonds is 4. The maximum Gasteiger partial charge on any atom is 0.390 e. The number of hydrogen-bond donors (Lipinski definition) is 1. The number of carboxylic acids is 1. The molecule has 0 aliphatic heterocycles. The highest BCUT2D eigenvalue weighted by molar-refractivity contribution is 5.93. The maximum absolute atomic E-state index is 12.0. The molecular weight excluding hydrogens is 255 g/mol. The third-order valence-corrected chi connectivity index (χ3v) is 2.10. The van der Waals surface area contributed by atoms with Crippen LogP contribution in [0.3, 0.4) is 0 Å². The van der Waals surface area contributed by atoms with E-state index in [1.54, 1.807) is 0 Å². The first-order valence-electron chi connectivity index (χ1n) is 4.86. The van der Waals surface area contributed by atoms with Gasteiger partial charge in [-0.05, 0) is 12.1 Å². The lowest BCUT2D eigenvalue weighted by molar-refractivity contribution is -0.136. The van der Waals surface area contributed by atoms with Crippen LogP contribution in [0.2, 0.25) is 0 Å². The molecule has 0 aromatic carbocycles. The Labute approximate surface area is 99.8 Å². The number of aromatic carboxylic acids is 1. The first kappa shape index (κ1) is 14.1. The summed E-state index contributed by atoms with van der Waals surface area (Å²) in [5.41, 5.74) is 0. The second-order valence-corrected chi connectivity index (χ2v) is 3.56. The number of carboxylic acid groups (broad SMARTS) is 1. The van der Waals surface area contributed by atoms with Crippen molar-refractivity contribution in [1.29, 1.82) is 0 Å². The lowest BCUT2D eigenvalue weighted by Gasteiger charge is -2.16. The number of furan rings is 1. The van der Waals surface area contributed by atoms with Crippen molar-refractivity contribution in [3.63, 3.8) is 0 Å². The fourth-order valence-electron chi connectivity index (χ4n) is 1.15. The Morgan fingerprint density at radius 1 is 1.33 bits per heavy atom. The highest BCUT2D eigenvalue weighted by Gasteiger charge is 2.28. The smallest absolute Gasteiger partial charge is 0.390 e. The number of carbonyl (C=O) groups is 2. The van der Waals surface area contributed by atoms with Gasteiger partial charge in [0.05, 0.1) is 6.42 Å². The lowest BCUT2D eigenvalue weighted by Crippen LogP contribution is -2.30. The van der Waals surface area contributed by atoms with Crippen LogP contribution in [0.1, 0.15) is 27.5 Å². The van der Waals surface area contributed by atoms with Gasteiger partial charge >= 0.3 is 12.1 Å². The van der Waals surface area contributed by atoms with E-state index < -0.39 is 36.8 Å². The van der Waals surface area contributed by atoms with Crippen molar-refractivity contribution in [2.75, 3.05) is 13.6 Å². The number of hydrogen-bond acceptors (Lipinski definition) is 3. The first-order valence-corrected chi connectivity index (χ1v) is 4.86. The Bertz CT molecular complexity index is 452. The van der Waals surface area contributed by atoms with Crippen molar-refractivity contribution >= 4 is 11.9 Å². The van der Waals surface area contributed by atoms with Gasteiger partial charge in [0.25, 0.3) is 5.91 Å². The van der Waals surface area contributed by atoms with E-state index in [0.29, 0.717) is 0 Å². The third-order valence-electron chi connectivity index (χ3n) is 2.10. The van der Waals surface area contributed by atoms with Crippen LogP contribution in [0, 0.1) is 0 Å². The summed E-state index contributed by atoms with van der Waals surface area (Å²) in [6.45, 7) is -0.522. The summed E-state index contributed by atoms with van der Waals surface area (Å²) in [5.74, 6) is -2.90. The van der Waals surface area contributed by atoms with Crippen LogP contribution in [0.15, 0.2) is 16.5 Å². The number of nitrogens with zero attached hydrogens (tertiary/aromatic N) is 1. The van der Waals surface area contributed by atoms with Gasteiger partial charge in [-0.1, -0.05) is 0 Å². The fourth-order valence-corrected chi connectivity index (χ4v) is 1.15. The van der Waals surface area contributed by atoms with E-state index in [1.807, 2.05) is 0 Å². The lowest BCUT2D eigenvalue weighted by atomic mass is 10.3. The van der Waals surface area contributed by atoms with Crippen molar-refractivity contribution in [3.05, 3.63) is 23.7 Å². The zero-order valence-electron chi connectivity index (χ0n) is 9.32. The molecule has 0 bridgehead atoms. The van der Waals surface area contributed by atoms with Crippen LogP contribution < -0.4 is 0 Å². The van der Waals surface area contributed by atoms with Crippen molar-refractivity contribution < 1.29 is 32.3 Å². The van der Waals surface area contributed by atoms with Gasteiger partial charge in [-0.3, -0.25) is 4.79 Å². The van der Waals surface area contributed by atoms with Crippen LogP contribution >= 0.6 is 0 Å². The number of alkyl halides is 3. The van der Waals surface area contributed by atoms with Gasteiger partial charge < -0.3 is 14.4 Å². The molecule has 0 saturated heterocycles. The molecule has 0 aliphatic rings. The summed E-state index contributed by atoms with van der Waals surface area (Å²) in [6, 6.07) is 2.17. The number of halogens is 3. The molecule has 0 spiro atoms. The maximum atomic E-state index is 12.0. The molecule has 100 valence electrons. The molecule has 1 aromatic rings. The van der Waals surface area contributed by atoms with Crippen LogP contribution in [-0.2, 0) is 0 Å².